The van der Waals surface area contributed by atoms with Gasteiger partial charge in [-0.2, -0.15) is 0 Å². The highest BCUT2D eigenvalue weighted by Gasteiger charge is 2.16. The van der Waals surface area contributed by atoms with Crippen LogP contribution in [0.4, 0.5) is 8.78 Å². The van der Waals surface area contributed by atoms with Crippen molar-refractivity contribution in [3.63, 3.8) is 0 Å². The number of phenolic OH excluding ortho intramolecular Hbond substituents is 1. The molecule has 14 heavy (non-hydrogen) atoms. The predicted molar refractivity (Wildman–Crippen MR) is 52.2 cm³/mol. The van der Waals surface area contributed by atoms with E-state index in [1.165, 1.54) is 6.07 Å². The Hall–Kier alpha value is -0.830. The topological polar surface area (TPSA) is 20.2 Å². The second-order valence-electron chi connectivity index (χ2n) is 3.39. The molecule has 1 nitrogen and oxygen atoms in total. The van der Waals surface area contributed by atoms with Gasteiger partial charge in [-0.05, 0) is 23.6 Å². The molecule has 1 N–H and O–H groups in total. The van der Waals surface area contributed by atoms with Crippen molar-refractivity contribution in [1.29, 1.82) is 0 Å². The van der Waals surface area contributed by atoms with Crippen molar-refractivity contribution in [3.05, 3.63) is 28.3 Å². The lowest BCUT2D eigenvalue weighted by Gasteiger charge is -2.11. The van der Waals surface area contributed by atoms with E-state index in [2.05, 4.69) is 0 Å². The van der Waals surface area contributed by atoms with Gasteiger partial charge in [0.1, 0.15) is 5.75 Å². The van der Waals surface area contributed by atoms with Crippen LogP contribution in [0, 0.1) is 0 Å². The molecule has 78 valence electrons. The summed E-state index contributed by atoms with van der Waals surface area (Å²) >= 11 is 5.65. The molecule has 0 fully saturated rings. The predicted octanol–water partition coefficient (Wildman–Crippen LogP) is 4.11. The largest absolute Gasteiger partial charge is 0.508 e. The van der Waals surface area contributed by atoms with E-state index in [9.17, 15) is 13.9 Å². The van der Waals surface area contributed by atoms with Crippen LogP contribution >= 0.6 is 11.6 Å². The van der Waals surface area contributed by atoms with Crippen LogP contribution in [-0.2, 0) is 0 Å². The maximum atomic E-state index is 12.3. The molecule has 0 aromatic heterocycles. The highest BCUT2D eigenvalue weighted by atomic mass is 35.5. The van der Waals surface area contributed by atoms with Gasteiger partial charge < -0.3 is 5.11 Å². The van der Waals surface area contributed by atoms with E-state index < -0.39 is 6.43 Å². The van der Waals surface area contributed by atoms with Crippen molar-refractivity contribution < 1.29 is 13.9 Å². The Balaban J connectivity index is 3.24. The Morgan fingerprint density at radius 2 is 1.79 bits per heavy atom. The highest BCUT2D eigenvalue weighted by molar-refractivity contribution is 6.31. The fourth-order valence-corrected chi connectivity index (χ4v) is 1.48. The van der Waals surface area contributed by atoms with Crippen molar-refractivity contribution >= 4 is 11.6 Å². The van der Waals surface area contributed by atoms with E-state index in [1.54, 1.807) is 0 Å². The Labute approximate surface area is 86.3 Å². The molecular formula is C10H11ClF2O. The Kier molecular flexibility index (Phi) is 3.32. The van der Waals surface area contributed by atoms with E-state index in [0.29, 0.717) is 5.56 Å². The third-order valence-corrected chi connectivity index (χ3v) is 2.33. The lowest BCUT2D eigenvalue weighted by molar-refractivity contribution is 0.151. The molecule has 0 saturated heterocycles. The standard InChI is InChI=1S/C10H11ClF2O/c1-5(2)6-3-8(11)7(10(12)13)4-9(6)14/h3-5,10,14H,1-2H3. The van der Waals surface area contributed by atoms with Crippen molar-refractivity contribution in [2.45, 2.75) is 26.2 Å². The second kappa shape index (κ2) is 4.13. The summed E-state index contributed by atoms with van der Waals surface area (Å²) in [5.41, 5.74) is 0.257. The molecule has 0 aliphatic carbocycles. The Morgan fingerprint density at radius 1 is 1.21 bits per heavy atom. The molecule has 0 radical (unpaired) electrons. The first kappa shape index (κ1) is 11.2. The molecule has 4 heteroatoms. The van der Waals surface area contributed by atoms with Crippen molar-refractivity contribution in [2.24, 2.45) is 0 Å². The summed E-state index contributed by atoms with van der Waals surface area (Å²) in [5, 5.41) is 9.44. The van der Waals surface area contributed by atoms with Gasteiger partial charge >= 0.3 is 0 Å². The lowest BCUT2D eigenvalue weighted by Crippen LogP contribution is -1.93. The number of hydrogen-bond acceptors (Lipinski definition) is 1. The Morgan fingerprint density at radius 3 is 2.21 bits per heavy atom. The fourth-order valence-electron chi connectivity index (χ4n) is 1.22. The van der Waals surface area contributed by atoms with Gasteiger partial charge in [-0.3, -0.25) is 0 Å². The minimum atomic E-state index is -2.66. The Bertz CT molecular complexity index is 303. The van der Waals surface area contributed by atoms with Gasteiger partial charge in [0.25, 0.3) is 6.43 Å². The van der Waals surface area contributed by atoms with E-state index in [4.69, 9.17) is 11.6 Å². The van der Waals surface area contributed by atoms with Crippen LogP contribution in [0.15, 0.2) is 12.1 Å². The molecule has 1 aromatic carbocycles. The number of alkyl halides is 2. The monoisotopic (exact) mass is 220 g/mol. The van der Waals surface area contributed by atoms with Crippen LogP contribution < -0.4 is 0 Å². The normalized spacial score (nSPS) is 11.4. The number of rotatable bonds is 2. The van der Waals surface area contributed by atoms with E-state index in [1.807, 2.05) is 13.8 Å². The number of phenols is 1. The van der Waals surface area contributed by atoms with Crippen molar-refractivity contribution in [1.82, 2.24) is 0 Å². The first-order valence-electron chi connectivity index (χ1n) is 4.24. The molecule has 0 unspecified atom stereocenters. The summed E-state index contributed by atoms with van der Waals surface area (Å²) in [4.78, 5) is 0. The van der Waals surface area contributed by atoms with E-state index >= 15 is 0 Å². The van der Waals surface area contributed by atoms with Gasteiger partial charge in [0.05, 0.1) is 0 Å². The van der Waals surface area contributed by atoms with E-state index in [-0.39, 0.29) is 22.3 Å². The van der Waals surface area contributed by atoms with Crippen LogP contribution in [0.25, 0.3) is 0 Å². The molecule has 0 saturated carbocycles. The van der Waals surface area contributed by atoms with Gasteiger partial charge in [-0.15, -0.1) is 0 Å². The molecule has 0 atom stereocenters. The smallest absolute Gasteiger partial charge is 0.265 e. The second-order valence-corrected chi connectivity index (χ2v) is 3.80. The first-order valence-corrected chi connectivity index (χ1v) is 4.61. The van der Waals surface area contributed by atoms with Crippen LogP contribution in [0.1, 0.15) is 37.3 Å². The fraction of sp³-hybridized carbons (Fsp3) is 0.400. The third-order valence-electron chi connectivity index (χ3n) is 2.00. The maximum absolute atomic E-state index is 12.3. The summed E-state index contributed by atoms with van der Waals surface area (Å²) in [7, 11) is 0. The summed E-state index contributed by atoms with van der Waals surface area (Å²) in [5.74, 6) is -0.0704. The number of aromatic hydroxyl groups is 1. The molecule has 0 heterocycles. The molecule has 0 aliphatic heterocycles. The molecule has 0 amide bonds. The first-order chi connectivity index (χ1) is 6.43. The minimum Gasteiger partial charge on any atom is -0.508 e. The summed E-state index contributed by atoms with van der Waals surface area (Å²) < 4.78 is 24.7. The van der Waals surface area contributed by atoms with Gasteiger partial charge in [-0.1, -0.05) is 25.4 Å². The highest BCUT2D eigenvalue weighted by Crippen LogP contribution is 2.35. The zero-order valence-corrected chi connectivity index (χ0v) is 8.65. The number of hydrogen-bond donors (Lipinski definition) is 1. The zero-order chi connectivity index (χ0) is 10.9. The SMILES string of the molecule is CC(C)c1cc(Cl)c(C(F)F)cc1O. The number of halogens is 3. The molecular weight excluding hydrogens is 210 g/mol. The van der Waals surface area contributed by atoms with Gasteiger partial charge in [0.15, 0.2) is 0 Å². The average Bonchev–Trinajstić information content (AvgIpc) is 2.07. The summed E-state index contributed by atoms with van der Waals surface area (Å²) in [6.07, 6.45) is -2.66. The van der Waals surface area contributed by atoms with Crippen LogP contribution in [0.2, 0.25) is 5.02 Å². The third kappa shape index (κ3) is 2.15. The minimum absolute atomic E-state index is 0.00139. The van der Waals surface area contributed by atoms with E-state index in [0.717, 1.165) is 6.07 Å². The van der Waals surface area contributed by atoms with Crippen molar-refractivity contribution in [3.8, 4) is 5.75 Å². The quantitative estimate of drug-likeness (QED) is 0.795. The summed E-state index contributed by atoms with van der Waals surface area (Å²) in [6, 6.07) is 2.42. The van der Waals surface area contributed by atoms with Crippen molar-refractivity contribution in [2.75, 3.05) is 0 Å². The molecule has 1 rings (SSSR count). The van der Waals surface area contributed by atoms with Crippen LogP contribution in [-0.4, -0.2) is 5.11 Å². The molecule has 0 aliphatic rings. The molecule has 1 aromatic rings. The lowest BCUT2D eigenvalue weighted by atomic mass is 10.0. The maximum Gasteiger partial charge on any atom is 0.265 e. The average molecular weight is 221 g/mol. The number of benzene rings is 1. The van der Waals surface area contributed by atoms with Crippen LogP contribution in [0.3, 0.4) is 0 Å². The molecule has 0 spiro atoms. The summed E-state index contributed by atoms with van der Waals surface area (Å²) in [6.45, 7) is 3.71. The molecule has 0 bridgehead atoms. The van der Waals surface area contributed by atoms with Gasteiger partial charge in [-0.25, -0.2) is 8.78 Å². The zero-order valence-electron chi connectivity index (χ0n) is 7.89. The van der Waals surface area contributed by atoms with Gasteiger partial charge in [0, 0.05) is 10.6 Å². The van der Waals surface area contributed by atoms with Gasteiger partial charge in [0.2, 0.25) is 0 Å². The van der Waals surface area contributed by atoms with Crippen LogP contribution in [0.5, 0.6) is 5.75 Å².